The summed E-state index contributed by atoms with van der Waals surface area (Å²) < 4.78 is 1.32. The molecule has 2 rings (SSSR count). The molecule has 0 radical (unpaired) electrons. The van der Waals surface area contributed by atoms with E-state index in [0.717, 1.165) is 0 Å². The van der Waals surface area contributed by atoms with Gasteiger partial charge < -0.3 is 5.11 Å². The van der Waals surface area contributed by atoms with Gasteiger partial charge in [0.15, 0.2) is 11.9 Å². The molecule has 106 valence electrons. The van der Waals surface area contributed by atoms with Crippen molar-refractivity contribution in [3.63, 3.8) is 0 Å². The smallest absolute Gasteiger partial charge is 0.328 e. The van der Waals surface area contributed by atoms with E-state index in [1.54, 1.807) is 36.0 Å². The lowest BCUT2D eigenvalue weighted by molar-refractivity contribution is -0.141. The van der Waals surface area contributed by atoms with Crippen LogP contribution in [0.4, 0.5) is 0 Å². The first-order valence-corrected chi connectivity index (χ1v) is 7.67. The Hall–Kier alpha value is -1.60. The van der Waals surface area contributed by atoms with Gasteiger partial charge >= 0.3 is 5.97 Å². The van der Waals surface area contributed by atoms with Crippen LogP contribution >= 0.6 is 23.4 Å². The first-order valence-electron chi connectivity index (χ1n) is 5.89. The Morgan fingerprint density at radius 3 is 2.90 bits per heavy atom. The molecule has 8 heteroatoms. The SMILES string of the molecule is CSCCC(C(=O)O)n1nnnc1-c1ccccc1Cl. The van der Waals surface area contributed by atoms with E-state index in [1.807, 2.05) is 6.26 Å². The second-order valence-corrected chi connectivity index (χ2v) is 5.46. The molecule has 0 amide bonds. The van der Waals surface area contributed by atoms with Gasteiger partial charge in [0.2, 0.25) is 0 Å². The molecule has 1 unspecified atom stereocenters. The van der Waals surface area contributed by atoms with Crippen molar-refractivity contribution in [3.8, 4) is 11.4 Å². The van der Waals surface area contributed by atoms with Crippen LogP contribution < -0.4 is 0 Å². The van der Waals surface area contributed by atoms with E-state index >= 15 is 0 Å². The lowest BCUT2D eigenvalue weighted by Crippen LogP contribution is -2.22. The number of tetrazole rings is 1. The van der Waals surface area contributed by atoms with Gasteiger partial charge in [-0.2, -0.15) is 11.8 Å². The molecule has 2 aromatic rings. The van der Waals surface area contributed by atoms with Crippen LogP contribution in [0.15, 0.2) is 24.3 Å². The molecule has 0 saturated carbocycles. The van der Waals surface area contributed by atoms with Crippen LogP contribution in [-0.2, 0) is 4.79 Å². The number of carboxylic acids is 1. The highest BCUT2D eigenvalue weighted by molar-refractivity contribution is 7.98. The van der Waals surface area contributed by atoms with Crippen molar-refractivity contribution in [2.24, 2.45) is 0 Å². The Morgan fingerprint density at radius 1 is 1.50 bits per heavy atom. The summed E-state index contributed by atoms with van der Waals surface area (Å²) in [7, 11) is 0. The van der Waals surface area contributed by atoms with Crippen LogP contribution in [0.5, 0.6) is 0 Å². The predicted octanol–water partition coefficient (Wildman–Crippen LogP) is 2.37. The monoisotopic (exact) mass is 312 g/mol. The Balaban J connectivity index is 2.41. The molecule has 0 aliphatic rings. The number of thioether (sulfide) groups is 1. The van der Waals surface area contributed by atoms with Gasteiger partial charge in [-0.05, 0) is 41.0 Å². The Bertz CT molecular complexity index is 605. The topological polar surface area (TPSA) is 80.9 Å². The van der Waals surface area contributed by atoms with E-state index < -0.39 is 12.0 Å². The lowest BCUT2D eigenvalue weighted by Gasteiger charge is -2.13. The summed E-state index contributed by atoms with van der Waals surface area (Å²) in [6.07, 6.45) is 2.37. The normalized spacial score (nSPS) is 12.3. The Morgan fingerprint density at radius 2 is 2.25 bits per heavy atom. The summed E-state index contributed by atoms with van der Waals surface area (Å²) in [5.41, 5.74) is 0.620. The zero-order valence-electron chi connectivity index (χ0n) is 10.7. The Kier molecular flexibility index (Phi) is 4.97. The third-order valence-corrected chi connectivity index (χ3v) is 3.76. The zero-order chi connectivity index (χ0) is 14.5. The molecule has 0 saturated heterocycles. The minimum Gasteiger partial charge on any atom is -0.480 e. The maximum atomic E-state index is 11.4. The molecule has 1 aromatic carbocycles. The molecule has 0 spiro atoms. The number of hydrogen-bond donors (Lipinski definition) is 1. The molecule has 6 nitrogen and oxygen atoms in total. The average Bonchev–Trinajstić information content (AvgIpc) is 2.88. The summed E-state index contributed by atoms with van der Waals surface area (Å²) in [5.74, 6) is 0.113. The van der Waals surface area contributed by atoms with E-state index in [4.69, 9.17) is 11.6 Å². The van der Waals surface area contributed by atoms with E-state index in [2.05, 4.69) is 15.5 Å². The quantitative estimate of drug-likeness (QED) is 0.882. The molecule has 0 bridgehead atoms. The standard InChI is InChI=1S/C12H13ClN4O2S/c1-20-7-6-10(12(18)19)17-11(14-15-16-17)8-4-2-3-5-9(8)13/h2-5,10H,6-7H2,1H3,(H,18,19). The van der Waals surface area contributed by atoms with E-state index in [1.165, 1.54) is 4.68 Å². The van der Waals surface area contributed by atoms with Crippen LogP contribution in [0, 0.1) is 0 Å². The summed E-state index contributed by atoms with van der Waals surface area (Å²) in [5, 5.41) is 21.1. The molecule has 1 atom stereocenters. The number of aliphatic carboxylic acids is 1. The summed E-state index contributed by atoms with van der Waals surface area (Å²) in [4.78, 5) is 11.4. The number of rotatable bonds is 6. The minimum atomic E-state index is -0.959. The van der Waals surface area contributed by atoms with Gasteiger partial charge in [-0.3, -0.25) is 0 Å². The average molecular weight is 313 g/mol. The molecular formula is C12H13ClN4O2S. The van der Waals surface area contributed by atoms with Crippen molar-refractivity contribution < 1.29 is 9.90 Å². The first-order chi connectivity index (χ1) is 9.65. The minimum absolute atomic E-state index is 0.365. The van der Waals surface area contributed by atoms with Crippen molar-refractivity contribution in [1.29, 1.82) is 0 Å². The van der Waals surface area contributed by atoms with E-state index in [-0.39, 0.29) is 0 Å². The van der Waals surface area contributed by atoms with Crippen molar-refractivity contribution in [3.05, 3.63) is 29.3 Å². The van der Waals surface area contributed by atoms with E-state index in [0.29, 0.717) is 28.6 Å². The summed E-state index contributed by atoms with van der Waals surface area (Å²) in [6, 6.07) is 6.27. The molecule has 1 heterocycles. The third-order valence-electron chi connectivity index (χ3n) is 2.78. The van der Waals surface area contributed by atoms with Gasteiger partial charge in [0, 0.05) is 5.56 Å². The second kappa shape index (κ2) is 6.71. The molecule has 20 heavy (non-hydrogen) atoms. The predicted molar refractivity (Wildman–Crippen MR) is 77.9 cm³/mol. The van der Waals surface area contributed by atoms with Gasteiger partial charge in [-0.1, -0.05) is 23.7 Å². The van der Waals surface area contributed by atoms with Gasteiger partial charge in [0.05, 0.1) is 5.02 Å². The summed E-state index contributed by atoms with van der Waals surface area (Å²) >= 11 is 7.69. The van der Waals surface area contributed by atoms with Crippen LogP contribution in [0.2, 0.25) is 5.02 Å². The van der Waals surface area contributed by atoms with Crippen molar-refractivity contribution in [1.82, 2.24) is 20.2 Å². The van der Waals surface area contributed by atoms with Crippen molar-refractivity contribution >= 4 is 29.3 Å². The fourth-order valence-electron chi connectivity index (χ4n) is 1.80. The van der Waals surface area contributed by atoms with Crippen LogP contribution in [0.3, 0.4) is 0 Å². The largest absolute Gasteiger partial charge is 0.480 e. The molecule has 1 N–H and O–H groups in total. The number of aromatic nitrogens is 4. The number of benzene rings is 1. The fraction of sp³-hybridized carbons (Fsp3) is 0.333. The highest BCUT2D eigenvalue weighted by atomic mass is 35.5. The van der Waals surface area contributed by atoms with Crippen LogP contribution in [0.1, 0.15) is 12.5 Å². The first kappa shape index (κ1) is 14.8. The molecule has 0 aliphatic heterocycles. The number of carboxylic acid groups (broad SMARTS) is 1. The highest BCUT2D eigenvalue weighted by Crippen LogP contribution is 2.27. The van der Waals surface area contributed by atoms with E-state index in [9.17, 15) is 9.90 Å². The molecular weight excluding hydrogens is 300 g/mol. The number of carbonyl (C=O) groups is 1. The van der Waals surface area contributed by atoms with Crippen molar-refractivity contribution in [2.75, 3.05) is 12.0 Å². The van der Waals surface area contributed by atoms with Crippen molar-refractivity contribution in [2.45, 2.75) is 12.5 Å². The molecule has 1 aromatic heterocycles. The molecule has 0 fully saturated rings. The summed E-state index contributed by atoms with van der Waals surface area (Å²) in [6.45, 7) is 0. The Labute approximate surface area is 125 Å². The van der Waals surface area contributed by atoms with Gasteiger partial charge in [-0.25, -0.2) is 9.48 Å². The number of halogens is 1. The maximum Gasteiger partial charge on any atom is 0.328 e. The van der Waals surface area contributed by atoms with Gasteiger partial charge in [0.25, 0.3) is 0 Å². The van der Waals surface area contributed by atoms with Crippen LogP contribution in [0.25, 0.3) is 11.4 Å². The second-order valence-electron chi connectivity index (χ2n) is 4.06. The van der Waals surface area contributed by atoms with Crippen LogP contribution in [-0.4, -0.2) is 43.3 Å². The third kappa shape index (κ3) is 3.10. The zero-order valence-corrected chi connectivity index (χ0v) is 12.3. The lowest BCUT2D eigenvalue weighted by atomic mass is 10.2. The number of hydrogen-bond acceptors (Lipinski definition) is 5. The maximum absolute atomic E-state index is 11.4. The van der Waals surface area contributed by atoms with Gasteiger partial charge in [0.1, 0.15) is 0 Å². The highest BCUT2D eigenvalue weighted by Gasteiger charge is 2.25. The van der Waals surface area contributed by atoms with Gasteiger partial charge in [-0.15, -0.1) is 5.10 Å². The fourth-order valence-corrected chi connectivity index (χ4v) is 2.48. The number of nitrogens with zero attached hydrogens (tertiary/aromatic N) is 4. The molecule has 0 aliphatic carbocycles.